The minimum absolute atomic E-state index is 0.0929. The number of hydrogen-bond acceptors (Lipinski definition) is 4. The number of carbonyl (C=O) groups excluding carboxylic acids is 1. The zero-order valence-corrected chi connectivity index (χ0v) is 11.5. The first-order valence-corrected chi connectivity index (χ1v) is 7.08. The molecule has 0 spiro atoms. The fraction of sp³-hybridized carbons (Fsp3) is 0.467. The van der Waals surface area contributed by atoms with E-state index in [-0.39, 0.29) is 18.9 Å². The van der Waals surface area contributed by atoms with Gasteiger partial charge in [-0.1, -0.05) is 24.3 Å². The van der Waals surface area contributed by atoms with Crippen LogP contribution in [0.4, 0.5) is 0 Å². The van der Waals surface area contributed by atoms with Crippen LogP contribution in [0.25, 0.3) is 0 Å². The molecule has 2 aliphatic heterocycles. The van der Waals surface area contributed by atoms with Gasteiger partial charge >= 0.3 is 5.97 Å². The summed E-state index contributed by atoms with van der Waals surface area (Å²) in [6.45, 7) is 0.691. The van der Waals surface area contributed by atoms with Crippen molar-refractivity contribution in [2.75, 3.05) is 6.54 Å². The number of β-amino-alcohol motifs (C(OH)–C–C–N with tert-alkyl or cyclic N) is 1. The van der Waals surface area contributed by atoms with Crippen LogP contribution in [-0.2, 0) is 22.6 Å². The Balaban J connectivity index is 1.76. The Bertz CT molecular complexity index is 575. The van der Waals surface area contributed by atoms with Crippen LogP contribution in [0.1, 0.15) is 17.5 Å². The number of aliphatic hydroxyl groups is 1. The van der Waals surface area contributed by atoms with Crippen molar-refractivity contribution in [2.45, 2.75) is 37.6 Å². The van der Waals surface area contributed by atoms with Crippen molar-refractivity contribution < 1.29 is 19.8 Å². The highest BCUT2D eigenvalue weighted by Crippen LogP contribution is 2.22. The summed E-state index contributed by atoms with van der Waals surface area (Å²) in [5.41, 5.74) is 2.28. The number of nitrogens with one attached hydrogen (secondary N) is 1. The van der Waals surface area contributed by atoms with Crippen LogP contribution in [0.2, 0.25) is 0 Å². The maximum atomic E-state index is 12.6. The summed E-state index contributed by atoms with van der Waals surface area (Å²) in [7, 11) is 0. The maximum Gasteiger partial charge on any atom is 0.326 e. The Kier molecular flexibility index (Phi) is 3.65. The zero-order chi connectivity index (χ0) is 15.0. The van der Waals surface area contributed by atoms with Gasteiger partial charge in [-0.2, -0.15) is 0 Å². The molecule has 1 amide bonds. The Labute approximate surface area is 122 Å². The van der Waals surface area contributed by atoms with Crippen LogP contribution in [-0.4, -0.2) is 51.7 Å². The number of aliphatic hydroxyl groups excluding tert-OH is 1. The summed E-state index contributed by atoms with van der Waals surface area (Å²) in [6.07, 6.45) is -0.107. The first kappa shape index (κ1) is 14.0. The second-order valence-corrected chi connectivity index (χ2v) is 5.64. The molecular weight excluding hydrogens is 272 g/mol. The van der Waals surface area contributed by atoms with Crippen molar-refractivity contribution in [2.24, 2.45) is 0 Å². The van der Waals surface area contributed by atoms with Crippen molar-refractivity contribution in [3.63, 3.8) is 0 Å². The minimum atomic E-state index is -1.06. The average Bonchev–Trinajstić information content (AvgIpc) is 2.88. The predicted molar refractivity (Wildman–Crippen MR) is 74.5 cm³/mol. The lowest BCUT2D eigenvalue weighted by Gasteiger charge is -2.30. The monoisotopic (exact) mass is 290 g/mol. The number of hydrogen-bond donors (Lipinski definition) is 3. The number of carboxylic acid groups (broad SMARTS) is 1. The molecule has 1 fully saturated rings. The van der Waals surface area contributed by atoms with Gasteiger partial charge in [-0.25, -0.2) is 4.79 Å². The third-order valence-electron chi connectivity index (χ3n) is 4.23. The number of aliphatic carboxylic acids is 1. The van der Waals surface area contributed by atoms with Gasteiger partial charge in [0.1, 0.15) is 6.04 Å². The van der Waals surface area contributed by atoms with Crippen LogP contribution < -0.4 is 5.32 Å². The Morgan fingerprint density at radius 3 is 2.67 bits per heavy atom. The predicted octanol–water partition coefficient (Wildman–Crippen LogP) is -0.253. The van der Waals surface area contributed by atoms with E-state index in [0.29, 0.717) is 13.0 Å². The molecule has 1 aromatic carbocycles. The molecule has 1 aromatic rings. The van der Waals surface area contributed by atoms with E-state index >= 15 is 0 Å². The normalized spacial score (nSPS) is 28.2. The molecule has 3 atom stereocenters. The Morgan fingerprint density at radius 2 is 1.95 bits per heavy atom. The van der Waals surface area contributed by atoms with Gasteiger partial charge in [0, 0.05) is 19.5 Å². The van der Waals surface area contributed by atoms with E-state index in [2.05, 4.69) is 5.32 Å². The van der Waals surface area contributed by atoms with Crippen LogP contribution in [0.3, 0.4) is 0 Å². The second-order valence-electron chi connectivity index (χ2n) is 5.64. The van der Waals surface area contributed by atoms with E-state index < -0.39 is 24.2 Å². The molecule has 112 valence electrons. The van der Waals surface area contributed by atoms with E-state index in [1.807, 2.05) is 24.3 Å². The summed E-state index contributed by atoms with van der Waals surface area (Å²) in [6, 6.07) is 6.55. The molecule has 2 aliphatic rings. The number of amides is 1. The van der Waals surface area contributed by atoms with Gasteiger partial charge in [-0.05, 0) is 17.5 Å². The van der Waals surface area contributed by atoms with E-state index in [1.165, 1.54) is 4.90 Å². The highest BCUT2D eigenvalue weighted by molar-refractivity contribution is 5.88. The van der Waals surface area contributed by atoms with E-state index in [0.717, 1.165) is 11.1 Å². The van der Waals surface area contributed by atoms with Crippen molar-refractivity contribution in [3.05, 3.63) is 35.4 Å². The van der Waals surface area contributed by atoms with Crippen LogP contribution in [0.5, 0.6) is 0 Å². The molecule has 0 saturated carbocycles. The van der Waals surface area contributed by atoms with Gasteiger partial charge in [0.2, 0.25) is 5.91 Å². The molecule has 3 N–H and O–H groups in total. The van der Waals surface area contributed by atoms with Crippen LogP contribution in [0, 0.1) is 0 Å². The number of carboxylic acids is 1. The first-order valence-electron chi connectivity index (χ1n) is 7.08. The van der Waals surface area contributed by atoms with Gasteiger partial charge < -0.3 is 20.4 Å². The number of likely N-dealkylation sites (tertiary alicyclic amines) is 1. The van der Waals surface area contributed by atoms with Gasteiger partial charge in [0.15, 0.2) is 0 Å². The van der Waals surface area contributed by atoms with Gasteiger partial charge in [-0.3, -0.25) is 4.79 Å². The average molecular weight is 290 g/mol. The lowest BCUT2D eigenvalue weighted by molar-refractivity contribution is -0.149. The largest absolute Gasteiger partial charge is 0.480 e. The third-order valence-corrected chi connectivity index (χ3v) is 4.23. The summed E-state index contributed by atoms with van der Waals surface area (Å²) in [5.74, 6) is -1.30. The van der Waals surface area contributed by atoms with Gasteiger partial charge in [0.25, 0.3) is 0 Å². The first-order chi connectivity index (χ1) is 10.1. The molecule has 6 heteroatoms. The highest BCUT2D eigenvalue weighted by atomic mass is 16.4. The molecular formula is C15H18N2O4. The molecule has 0 bridgehead atoms. The lowest BCUT2D eigenvalue weighted by atomic mass is 9.95. The van der Waals surface area contributed by atoms with Gasteiger partial charge in [-0.15, -0.1) is 0 Å². The van der Waals surface area contributed by atoms with E-state index in [9.17, 15) is 19.8 Å². The third kappa shape index (κ3) is 2.64. The molecule has 2 heterocycles. The number of benzene rings is 1. The Hall–Kier alpha value is -1.92. The van der Waals surface area contributed by atoms with Gasteiger partial charge in [0.05, 0.1) is 12.1 Å². The minimum Gasteiger partial charge on any atom is -0.480 e. The standard InChI is InChI=1S/C15H18N2O4/c18-11-6-13(15(20)21)17(8-11)14(19)12-5-9-3-1-2-4-10(9)7-16-12/h1-4,11-13,16,18H,5-8H2,(H,20,21). The summed E-state index contributed by atoms with van der Waals surface area (Å²) < 4.78 is 0. The maximum absolute atomic E-state index is 12.6. The SMILES string of the molecule is O=C(O)C1CC(O)CN1C(=O)C1Cc2ccccc2CN1. The second kappa shape index (κ2) is 5.46. The van der Waals surface area contributed by atoms with Crippen molar-refractivity contribution in [1.29, 1.82) is 0 Å². The number of fused-ring (bicyclic) bond motifs is 1. The number of nitrogens with zero attached hydrogens (tertiary/aromatic N) is 1. The summed E-state index contributed by atoms with van der Waals surface area (Å²) in [5, 5.41) is 22.0. The molecule has 1 saturated heterocycles. The van der Waals surface area contributed by atoms with E-state index in [4.69, 9.17) is 0 Å². The lowest BCUT2D eigenvalue weighted by Crippen LogP contribution is -2.52. The van der Waals surface area contributed by atoms with E-state index in [1.54, 1.807) is 0 Å². The number of rotatable bonds is 2. The van der Waals surface area contributed by atoms with Crippen LogP contribution >= 0.6 is 0 Å². The zero-order valence-electron chi connectivity index (χ0n) is 11.5. The topological polar surface area (TPSA) is 89.9 Å². The summed E-state index contributed by atoms with van der Waals surface area (Å²) in [4.78, 5) is 25.1. The summed E-state index contributed by atoms with van der Waals surface area (Å²) >= 11 is 0. The van der Waals surface area contributed by atoms with Crippen molar-refractivity contribution >= 4 is 11.9 Å². The fourth-order valence-electron chi connectivity index (χ4n) is 3.12. The molecule has 3 rings (SSSR count). The molecule has 0 radical (unpaired) electrons. The quantitative estimate of drug-likeness (QED) is 0.699. The van der Waals surface area contributed by atoms with Crippen molar-refractivity contribution in [1.82, 2.24) is 10.2 Å². The molecule has 0 aliphatic carbocycles. The molecule has 0 aromatic heterocycles. The molecule has 6 nitrogen and oxygen atoms in total. The smallest absolute Gasteiger partial charge is 0.326 e. The fourth-order valence-corrected chi connectivity index (χ4v) is 3.12. The van der Waals surface area contributed by atoms with Crippen LogP contribution in [0.15, 0.2) is 24.3 Å². The molecule has 21 heavy (non-hydrogen) atoms. The van der Waals surface area contributed by atoms with Crippen molar-refractivity contribution in [3.8, 4) is 0 Å². The highest BCUT2D eigenvalue weighted by Gasteiger charge is 2.41. The molecule has 3 unspecified atom stereocenters. The number of carbonyl (C=O) groups is 2. The Morgan fingerprint density at radius 1 is 1.24 bits per heavy atom.